The Morgan fingerprint density at radius 2 is 1.84 bits per heavy atom. The first-order valence-corrected chi connectivity index (χ1v) is 8.52. The summed E-state index contributed by atoms with van der Waals surface area (Å²) in [5, 5.41) is 6.50. The first kappa shape index (κ1) is 21.1. The lowest BCUT2D eigenvalue weighted by Gasteiger charge is -2.19. The number of hydrogen-bond acceptors (Lipinski definition) is 5. The van der Waals surface area contributed by atoms with E-state index in [9.17, 15) is 0 Å². The molecule has 0 fully saturated rings. The number of aliphatic imine (C=N–C) groups is 1. The molecule has 7 heteroatoms. The van der Waals surface area contributed by atoms with Gasteiger partial charge < -0.3 is 29.6 Å². The number of hydrogen-bond donors (Lipinski definition) is 2. The molecular weight excluding hydrogens is 322 g/mol. The Bertz CT molecular complexity index is 497. The second kappa shape index (κ2) is 13.3. The summed E-state index contributed by atoms with van der Waals surface area (Å²) in [6.45, 7) is 5.36. The normalized spacial score (nSPS) is 12.6. The molecule has 2 N–H and O–H groups in total. The molecule has 0 spiro atoms. The van der Waals surface area contributed by atoms with Crippen molar-refractivity contribution in [1.82, 2.24) is 10.6 Å². The maximum atomic E-state index is 5.91. The van der Waals surface area contributed by atoms with Crippen LogP contribution in [-0.4, -0.2) is 66.2 Å². The van der Waals surface area contributed by atoms with Gasteiger partial charge in [0.1, 0.15) is 6.10 Å². The highest BCUT2D eigenvalue weighted by atomic mass is 16.5. The zero-order valence-electron chi connectivity index (χ0n) is 15.7. The molecule has 7 nitrogen and oxygen atoms in total. The van der Waals surface area contributed by atoms with E-state index in [-0.39, 0.29) is 6.10 Å². The largest absolute Gasteiger partial charge is 0.493 e. The average Bonchev–Trinajstić information content (AvgIpc) is 2.63. The second-order valence-electron chi connectivity index (χ2n) is 5.42. The number of methoxy groups -OCH3 is 2. The highest BCUT2D eigenvalue weighted by Crippen LogP contribution is 2.26. The molecule has 1 aromatic rings. The first-order valence-electron chi connectivity index (χ1n) is 8.52. The van der Waals surface area contributed by atoms with Gasteiger partial charge in [-0.15, -0.1) is 0 Å². The third kappa shape index (κ3) is 9.16. The molecule has 0 amide bonds. The van der Waals surface area contributed by atoms with Gasteiger partial charge in [0.2, 0.25) is 0 Å². The number of rotatable bonds is 12. The smallest absolute Gasteiger partial charge is 0.191 e. The molecule has 0 radical (unpaired) electrons. The van der Waals surface area contributed by atoms with E-state index in [1.165, 1.54) is 0 Å². The van der Waals surface area contributed by atoms with Crippen LogP contribution in [-0.2, 0) is 9.47 Å². The zero-order valence-corrected chi connectivity index (χ0v) is 15.7. The van der Waals surface area contributed by atoms with Crippen LogP contribution < -0.4 is 20.1 Å². The van der Waals surface area contributed by atoms with E-state index in [1.807, 2.05) is 31.2 Å². The average molecular weight is 353 g/mol. The van der Waals surface area contributed by atoms with E-state index in [1.54, 1.807) is 21.3 Å². The van der Waals surface area contributed by atoms with Gasteiger partial charge in [-0.25, -0.2) is 0 Å². The van der Waals surface area contributed by atoms with E-state index in [0.29, 0.717) is 26.4 Å². The SMILES string of the molecule is CN=C(NCCCOCCOC)NCC(C)Oc1ccccc1OC. The highest BCUT2D eigenvalue weighted by Gasteiger charge is 2.09. The molecule has 0 heterocycles. The van der Waals surface area contributed by atoms with Gasteiger partial charge >= 0.3 is 0 Å². The van der Waals surface area contributed by atoms with Gasteiger partial charge in [-0.05, 0) is 25.5 Å². The van der Waals surface area contributed by atoms with Crippen LogP contribution in [0.15, 0.2) is 29.3 Å². The number of benzene rings is 1. The van der Waals surface area contributed by atoms with Crippen LogP contribution in [0.25, 0.3) is 0 Å². The van der Waals surface area contributed by atoms with Crippen LogP contribution in [0.1, 0.15) is 13.3 Å². The minimum Gasteiger partial charge on any atom is -0.493 e. The summed E-state index contributed by atoms with van der Waals surface area (Å²) in [5.41, 5.74) is 0. The Hall–Kier alpha value is -1.99. The third-order valence-electron chi connectivity index (χ3n) is 3.37. The van der Waals surface area contributed by atoms with Gasteiger partial charge in [-0.2, -0.15) is 0 Å². The molecule has 0 saturated heterocycles. The maximum Gasteiger partial charge on any atom is 0.191 e. The van der Waals surface area contributed by atoms with Crippen LogP contribution >= 0.6 is 0 Å². The lowest BCUT2D eigenvalue weighted by molar-refractivity contribution is 0.0698. The van der Waals surface area contributed by atoms with Gasteiger partial charge in [-0.1, -0.05) is 12.1 Å². The molecule has 0 saturated carbocycles. The number of para-hydroxylation sites is 2. The van der Waals surface area contributed by atoms with Crippen molar-refractivity contribution in [3.63, 3.8) is 0 Å². The van der Waals surface area contributed by atoms with Crippen molar-refractivity contribution in [2.75, 3.05) is 54.2 Å². The second-order valence-corrected chi connectivity index (χ2v) is 5.42. The standard InChI is InChI=1S/C18H31N3O4/c1-15(25-17-9-6-5-8-16(17)23-4)14-21-18(19-2)20-10-7-11-24-13-12-22-3/h5-6,8-9,15H,7,10-14H2,1-4H3,(H2,19,20,21). The Labute approximate surface area is 150 Å². The summed E-state index contributed by atoms with van der Waals surface area (Å²) < 4.78 is 21.5. The predicted octanol–water partition coefficient (Wildman–Crippen LogP) is 1.68. The van der Waals surface area contributed by atoms with Crippen molar-refractivity contribution in [3.05, 3.63) is 24.3 Å². The molecule has 0 bridgehead atoms. The van der Waals surface area contributed by atoms with Crippen molar-refractivity contribution in [2.45, 2.75) is 19.4 Å². The molecule has 1 aromatic carbocycles. The fourth-order valence-electron chi connectivity index (χ4n) is 2.06. The minimum atomic E-state index is -0.0350. The number of nitrogens with one attached hydrogen (secondary N) is 2. The molecule has 1 unspecified atom stereocenters. The summed E-state index contributed by atoms with van der Waals surface area (Å²) >= 11 is 0. The van der Waals surface area contributed by atoms with Crippen molar-refractivity contribution >= 4 is 5.96 Å². The zero-order chi connectivity index (χ0) is 18.3. The predicted molar refractivity (Wildman–Crippen MR) is 99.8 cm³/mol. The van der Waals surface area contributed by atoms with E-state index in [0.717, 1.165) is 30.4 Å². The highest BCUT2D eigenvalue weighted by molar-refractivity contribution is 5.79. The number of nitrogens with zero attached hydrogens (tertiary/aromatic N) is 1. The van der Waals surface area contributed by atoms with Crippen LogP contribution in [0, 0.1) is 0 Å². The van der Waals surface area contributed by atoms with Crippen molar-refractivity contribution < 1.29 is 18.9 Å². The Kier molecular flexibility index (Phi) is 11.2. The van der Waals surface area contributed by atoms with Crippen LogP contribution in [0.5, 0.6) is 11.5 Å². The molecule has 0 aliphatic heterocycles. The minimum absolute atomic E-state index is 0.0350. The number of ether oxygens (including phenoxy) is 4. The molecule has 25 heavy (non-hydrogen) atoms. The van der Waals surface area contributed by atoms with E-state index in [4.69, 9.17) is 18.9 Å². The molecule has 0 aromatic heterocycles. The van der Waals surface area contributed by atoms with Crippen molar-refractivity contribution in [3.8, 4) is 11.5 Å². The Morgan fingerprint density at radius 1 is 1.08 bits per heavy atom. The van der Waals surface area contributed by atoms with Gasteiger partial charge in [0, 0.05) is 27.3 Å². The van der Waals surface area contributed by atoms with Gasteiger partial charge in [-0.3, -0.25) is 4.99 Å². The van der Waals surface area contributed by atoms with Gasteiger partial charge in [0.25, 0.3) is 0 Å². The van der Waals surface area contributed by atoms with E-state index >= 15 is 0 Å². The van der Waals surface area contributed by atoms with Crippen LogP contribution in [0.3, 0.4) is 0 Å². The summed E-state index contributed by atoms with van der Waals surface area (Å²) in [4.78, 5) is 4.20. The molecule has 0 aliphatic carbocycles. The van der Waals surface area contributed by atoms with Gasteiger partial charge in [0.05, 0.1) is 26.9 Å². The monoisotopic (exact) mass is 353 g/mol. The lowest BCUT2D eigenvalue weighted by atomic mass is 10.3. The van der Waals surface area contributed by atoms with E-state index < -0.39 is 0 Å². The van der Waals surface area contributed by atoms with E-state index in [2.05, 4.69) is 15.6 Å². The lowest BCUT2D eigenvalue weighted by Crippen LogP contribution is -2.42. The quantitative estimate of drug-likeness (QED) is 0.338. The Morgan fingerprint density at radius 3 is 2.52 bits per heavy atom. The first-order chi connectivity index (χ1) is 12.2. The Balaban J connectivity index is 2.23. The summed E-state index contributed by atoms with van der Waals surface area (Å²) in [7, 11) is 5.05. The fourth-order valence-corrected chi connectivity index (χ4v) is 2.06. The molecular formula is C18H31N3O4. The van der Waals surface area contributed by atoms with Crippen molar-refractivity contribution in [2.24, 2.45) is 4.99 Å². The summed E-state index contributed by atoms with van der Waals surface area (Å²) in [6, 6.07) is 7.61. The molecule has 1 atom stereocenters. The molecule has 142 valence electrons. The summed E-state index contributed by atoms with van der Waals surface area (Å²) in [5.74, 6) is 2.20. The van der Waals surface area contributed by atoms with Crippen molar-refractivity contribution in [1.29, 1.82) is 0 Å². The maximum absolute atomic E-state index is 5.91. The van der Waals surface area contributed by atoms with Crippen LogP contribution in [0.2, 0.25) is 0 Å². The molecule has 1 rings (SSSR count). The van der Waals surface area contributed by atoms with Gasteiger partial charge in [0.15, 0.2) is 17.5 Å². The fraction of sp³-hybridized carbons (Fsp3) is 0.611. The molecule has 0 aliphatic rings. The number of guanidine groups is 1. The topological polar surface area (TPSA) is 73.3 Å². The summed E-state index contributed by atoms with van der Waals surface area (Å²) in [6.07, 6.45) is 0.866. The van der Waals surface area contributed by atoms with Crippen LogP contribution in [0.4, 0.5) is 0 Å². The third-order valence-corrected chi connectivity index (χ3v) is 3.37.